The van der Waals surface area contributed by atoms with Crippen LogP contribution in [0.3, 0.4) is 0 Å². The van der Waals surface area contributed by atoms with Gasteiger partial charge in [0.05, 0.1) is 13.2 Å². The van der Waals surface area contributed by atoms with Crippen molar-refractivity contribution in [3.8, 4) is 0 Å². The molecule has 0 aromatic carbocycles. The van der Waals surface area contributed by atoms with Gasteiger partial charge in [0.1, 0.15) is 12.7 Å². The molecule has 12 heteroatoms. The molecule has 0 aromatic rings. The van der Waals surface area contributed by atoms with E-state index in [0.29, 0.717) is 6.42 Å². The van der Waals surface area contributed by atoms with Gasteiger partial charge < -0.3 is 25.2 Å². The predicted octanol–water partition coefficient (Wildman–Crippen LogP) is 0.584. The van der Waals surface area contributed by atoms with E-state index < -0.39 is 57.6 Å². The van der Waals surface area contributed by atoms with Crippen molar-refractivity contribution >= 4 is 25.7 Å². The lowest BCUT2D eigenvalue weighted by molar-refractivity contribution is -0.147. The second-order valence-electron chi connectivity index (χ2n) is 5.80. The van der Waals surface area contributed by atoms with Crippen molar-refractivity contribution in [2.75, 3.05) is 19.8 Å². The number of ether oxygens (including phenoxy) is 1. The first-order chi connectivity index (χ1) is 12.6. The number of rotatable bonds is 15. The van der Waals surface area contributed by atoms with E-state index in [1.807, 2.05) is 12.2 Å². The van der Waals surface area contributed by atoms with Gasteiger partial charge in [-0.1, -0.05) is 26.2 Å². The molecule has 0 aliphatic carbocycles. The summed E-state index contributed by atoms with van der Waals surface area (Å²) in [7, 11) is -4.67. The third kappa shape index (κ3) is 14.2. The van der Waals surface area contributed by atoms with E-state index in [1.165, 1.54) is 0 Å². The summed E-state index contributed by atoms with van der Waals surface area (Å²) in [6.45, 7) is 1.21. The van der Waals surface area contributed by atoms with E-state index in [9.17, 15) is 28.9 Å². The highest BCUT2D eigenvalue weighted by Gasteiger charge is 2.28. The molecule has 0 aliphatic heterocycles. The van der Waals surface area contributed by atoms with Crippen molar-refractivity contribution < 1.29 is 47.8 Å². The Morgan fingerprint density at radius 1 is 1.07 bits per heavy atom. The number of nitrogens with one attached hydrogen (secondary N) is 1. The highest BCUT2D eigenvalue weighted by molar-refractivity contribution is 7.47. The van der Waals surface area contributed by atoms with E-state index in [-0.39, 0.29) is 6.42 Å². The van der Waals surface area contributed by atoms with Crippen molar-refractivity contribution in [2.24, 2.45) is 0 Å². The first-order valence-corrected chi connectivity index (χ1v) is 10.0. The number of carbonyl (C=O) groups excluding carboxylic acids is 2. The Balaban J connectivity index is 4.13. The second kappa shape index (κ2) is 13.6. The van der Waals surface area contributed by atoms with Crippen molar-refractivity contribution in [3.63, 3.8) is 0 Å². The molecule has 0 saturated heterocycles. The number of aliphatic carboxylic acids is 1. The van der Waals surface area contributed by atoms with Gasteiger partial charge in [-0.25, -0.2) is 9.36 Å². The average Bonchev–Trinajstić information content (AvgIpc) is 2.58. The van der Waals surface area contributed by atoms with Gasteiger partial charge in [-0.3, -0.25) is 18.6 Å². The topological polar surface area (TPSA) is 169 Å². The van der Waals surface area contributed by atoms with E-state index >= 15 is 0 Å². The number of amides is 1. The number of carboxylic acids is 1. The molecule has 0 aromatic heterocycles. The van der Waals surface area contributed by atoms with Crippen LogP contribution in [0.5, 0.6) is 0 Å². The highest BCUT2D eigenvalue weighted by Crippen LogP contribution is 2.43. The number of aliphatic hydroxyl groups is 1. The normalized spacial score (nSPS) is 15.4. The van der Waals surface area contributed by atoms with Crippen LogP contribution in [0.25, 0.3) is 0 Å². The van der Waals surface area contributed by atoms with Crippen LogP contribution in [-0.2, 0) is 32.7 Å². The molecular formula is C15H28NO10P. The van der Waals surface area contributed by atoms with Crippen molar-refractivity contribution in [2.45, 2.75) is 58.1 Å². The Bertz CT molecular complexity index is 527. The summed E-state index contributed by atoms with van der Waals surface area (Å²) in [5, 5.41) is 20.5. The first kappa shape index (κ1) is 25.5. The van der Waals surface area contributed by atoms with Crippen molar-refractivity contribution in [1.82, 2.24) is 5.32 Å². The van der Waals surface area contributed by atoms with Crippen LogP contribution >= 0.6 is 7.82 Å². The van der Waals surface area contributed by atoms with Gasteiger partial charge in [0.25, 0.3) is 0 Å². The van der Waals surface area contributed by atoms with Crippen LogP contribution in [0.2, 0.25) is 0 Å². The fourth-order valence-corrected chi connectivity index (χ4v) is 2.58. The summed E-state index contributed by atoms with van der Waals surface area (Å²) in [5.41, 5.74) is 0. The Labute approximate surface area is 157 Å². The molecule has 1 amide bonds. The molecule has 3 unspecified atom stereocenters. The number of carboxylic acid groups (broad SMARTS) is 1. The monoisotopic (exact) mass is 413 g/mol. The molecule has 0 fully saturated rings. The third-order valence-electron chi connectivity index (χ3n) is 3.18. The van der Waals surface area contributed by atoms with Crippen molar-refractivity contribution in [1.29, 1.82) is 0 Å². The minimum absolute atomic E-state index is 0.217. The number of phosphoric ester groups is 1. The zero-order chi connectivity index (χ0) is 20.9. The van der Waals surface area contributed by atoms with Gasteiger partial charge in [-0.15, -0.1) is 0 Å². The van der Waals surface area contributed by atoms with Gasteiger partial charge in [0.2, 0.25) is 5.91 Å². The Morgan fingerprint density at radius 2 is 1.70 bits per heavy atom. The van der Waals surface area contributed by atoms with Crippen LogP contribution in [0.15, 0.2) is 0 Å². The van der Waals surface area contributed by atoms with Gasteiger partial charge in [-0.2, -0.15) is 0 Å². The molecule has 11 nitrogen and oxygen atoms in total. The number of phosphoric acid groups is 1. The van der Waals surface area contributed by atoms with E-state index in [2.05, 4.69) is 9.05 Å². The maximum Gasteiger partial charge on any atom is 0.472 e. The molecular weight excluding hydrogens is 385 g/mol. The SMILES string of the molecule is CCCCCCC(=O)OCC(O)COP(=O)(O)OCC(NC(C)=O)C(=O)O. The Morgan fingerprint density at radius 3 is 2.26 bits per heavy atom. The average molecular weight is 413 g/mol. The predicted molar refractivity (Wildman–Crippen MR) is 92.7 cm³/mol. The van der Waals surface area contributed by atoms with Gasteiger partial charge in [-0.05, 0) is 6.42 Å². The molecule has 27 heavy (non-hydrogen) atoms. The maximum atomic E-state index is 11.7. The van der Waals surface area contributed by atoms with Gasteiger partial charge in [0.15, 0.2) is 6.04 Å². The second-order valence-corrected chi connectivity index (χ2v) is 7.25. The Hall–Kier alpha value is -1.52. The van der Waals surface area contributed by atoms with Crippen LogP contribution in [0, 0.1) is 0 Å². The zero-order valence-electron chi connectivity index (χ0n) is 15.5. The third-order valence-corrected chi connectivity index (χ3v) is 4.13. The molecule has 3 atom stereocenters. The summed E-state index contributed by atoms with van der Waals surface area (Å²) in [4.78, 5) is 42.6. The molecule has 4 N–H and O–H groups in total. The fraction of sp³-hybridized carbons (Fsp3) is 0.800. The van der Waals surface area contributed by atoms with Crippen LogP contribution in [-0.4, -0.2) is 64.9 Å². The summed E-state index contributed by atoms with van der Waals surface area (Å²) in [6, 6.07) is -1.54. The molecule has 0 radical (unpaired) electrons. The van der Waals surface area contributed by atoms with Crippen LogP contribution in [0.4, 0.5) is 0 Å². The van der Waals surface area contributed by atoms with E-state index in [0.717, 1.165) is 26.2 Å². The lowest BCUT2D eigenvalue weighted by atomic mass is 10.2. The lowest BCUT2D eigenvalue weighted by Crippen LogP contribution is -2.42. The molecule has 0 heterocycles. The summed E-state index contributed by atoms with van der Waals surface area (Å²) in [6.07, 6.45) is 2.48. The number of carbonyl (C=O) groups is 3. The molecule has 0 rings (SSSR count). The first-order valence-electron chi connectivity index (χ1n) is 8.52. The van der Waals surface area contributed by atoms with Crippen LogP contribution < -0.4 is 5.32 Å². The lowest BCUT2D eigenvalue weighted by Gasteiger charge is -2.18. The molecule has 158 valence electrons. The number of hydrogen-bond donors (Lipinski definition) is 4. The largest absolute Gasteiger partial charge is 0.480 e. The van der Waals surface area contributed by atoms with Crippen LogP contribution in [0.1, 0.15) is 46.0 Å². The zero-order valence-corrected chi connectivity index (χ0v) is 16.4. The summed E-state index contributed by atoms with van der Waals surface area (Å²) >= 11 is 0. The quantitative estimate of drug-likeness (QED) is 0.169. The standard InChI is InChI=1S/C15H28NO10P/c1-3-4-5-6-7-14(19)24-8-12(18)9-25-27(22,23)26-10-13(15(20)21)16-11(2)17/h12-13,18H,3-10H2,1-2H3,(H,16,17)(H,20,21)(H,22,23). The minimum atomic E-state index is -4.67. The number of unbranched alkanes of at least 4 members (excludes halogenated alkanes) is 3. The molecule has 0 spiro atoms. The Kier molecular flexibility index (Phi) is 12.9. The number of hydrogen-bond acceptors (Lipinski definition) is 8. The smallest absolute Gasteiger partial charge is 0.472 e. The summed E-state index contributed by atoms with van der Waals surface area (Å²) < 4.78 is 25.5. The molecule has 0 saturated carbocycles. The maximum absolute atomic E-state index is 11.7. The number of esters is 1. The van der Waals surface area contributed by atoms with Crippen molar-refractivity contribution in [3.05, 3.63) is 0 Å². The summed E-state index contributed by atoms with van der Waals surface area (Å²) in [5.74, 6) is -2.61. The van der Waals surface area contributed by atoms with E-state index in [1.54, 1.807) is 0 Å². The number of aliphatic hydroxyl groups excluding tert-OH is 1. The minimum Gasteiger partial charge on any atom is -0.480 e. The van der Waals surface area contributed by atoms with E-state index in [4.69, 9.17) is 9.84 Å². The molecule has 0 bridgehead atoms. The molecule has 0 aliphatic rings. The highest BCUT2D eigenvalue weighted by atomic mass is 31.2. The van der Waals surface area contributed by atoms with Gasteiger partial charge in [0, 0.05) is 13.3 Å². The fourth-order valence-electron chi connectivity index (χ4n) is 1.81. The van der Waals surface area contributed by atoms with Gasteiger partial charge >= 0.3 is 19.8 Å².